The molecule has 0 aliphatic carbocycles. The van der Waals surface area contributed by atoms with E-state index in [1.165, 1.54) is 17.0 Å². The van der Waals surface area contributed by atoms with Gasteiger partial charge in [0.1, 0.15) is 5.82 Å². The van der Waals surface area contributed by atoms with Crippen molar-refractivity contribution in [1.29, 1.82) is 0 Å². The van der Waals surface area contributed by atoms with Crippen molar-refractivity contribution in [3.05, 3.63) is 89.2 Å². The van der Waals surface area contributed by atoms with Crippen LogP contribution >= 0.6 is 11.6 Å². The molecule has 0 atom stereocenters. The Morgan fingerprint density at radius 3 is 2.45 bits per heavy atom. The van der Waals surface area contributed by atoms with E-state index in [0.29, 0.717) is 17.1 Å². The highest BCUT2D eigenvalue weighted by molar-refractivity contribution is 6.33. The van der Waals surface area contributed by atoms with Gasteiger partial charge in [-0.2, -0.15) is 0 Å². The number of aromatic amines is 1. The summed E-state index contributed by atoms with van der Waals surface area (Å²) < 4.78 is 13.4. The molecule has 168 valence electrons. The minimum absolute atomic E-state index is 0.0806. The number of aryl methyl sites for hydroxylation is 1. The topological polar surface area (TPSA) is 65.2 Å². The molecular formula is C26H23ClFN3O2. The van der Waals surface area contributed by atoms with E-state index in [1.807, 2.05) is 24.3 Å². The molecule has 0 spiro atoms. The molecule has 0 radical (unpaired) electrons. The third-order valence-corrected chi connectivity index (χ3v) is 5.82. The zero-order chi connectivity index (χ0) is 23.4. The van der Waals surface area contributed by atoms with Gasteiger partial charge >= 0.3 is 0 Å². The largest absolute Gasteiger partial charge is 0.354 e. The smallest absolute Gasteiger partial charge is 0.244 e. The van der Waals surface area contributed by atoms with Crippen LogP contribution in [0.2, 0.25) is 5.02 Å². The second-order valence-corrected chi connectivity index (χ2v) is 8.22. The van der Waals surface area contributed by atoms with Crippen molar-refractivity contribution < 1.29 is 14.0 Å². The van der Waals surface area contributed by atoms with Gasteiger partial charge in [0.2, 0.25) is 11.8 Å². The number of halogens is 2. The summed E-state index contributed by atoms with van der Waals surface area (Å²) in [6.45, 7) is -0.0806. The quantitative estimate of drug-likeness (QED) is 0.371. The number of H-pyrrole nitrogens is 1. The lowest BCUT2D eigenvalue weighted by Crippen LogP contribution is -2.35. The molecule has 3 aromatic carbocycles. The van der Waals surface area contributed by atoms with Crippen LogP contribution in [0.15, 0.2) is 72.8 Å². The fourth-order valence-electron chi connectivity index (χ4n) is 3.80. The molecule has 1 heterocycles. The summed E-state index contributed by atoms with van der Waals surface area (Å²) in [5.41, 5.74) is 4.16. The van der Waals surface area contributed by atoms with Gasteiger partial charge in [-0.25, -0.2) is 4.39 Å². The van der Waals surface area contributed by atoms with Crippen LogP contribution in [0.25, 0.3) is 22.2 Å². The number of nitrogens with zero attached hydrogens (tertiary/aromatic N) is 1. The van der Waals surface area contributed by atoms with E-state index in [1.54, 1.807) is 43.4 Å². The molecule has 5 nitrogen and oxygen atoms in total. The predicted molar refractivity (Wildman–Crippen MR) is 130 cm³/mol. The van der Waals surface area contributed by atoms with E-state index in [9.17, 15) is 14.0 Å². The molecule has 1 aromatic heterocycles. The van der Waals surface area contributed by atoms with Crippen LogP contribution in [0.1, 0.15) is 12.0 Å². The van der Waals surface area contributed by atoms with Gasteiger partial charge in [-0.3, -0.25) is 9.59 Å². The average Bonchev–Trinajstić information content (AvgIpc) is 3.18. The molecule has 0 aliphatic heterocycles. The van der Waals surface area contributed by atoms with E-state index in [0.717, 1.165) is 27.7 Å². The first-order valence-electron chi connectivity index (χ1n) is 10.6. The molecule has 4 rings (SSSR count). The fraction of sp³-hybridized carbons (Fsp3) is 0.154. The lowest BCUT2D eigenvalue weighted by atomic mass is 10.0. The van der Waals surface area contributed by atoms with Gasteiger partial charge in [0.05, 0.1) is 17.3 Å². The van der Waals surface area contributed by atoms with Crippen LogP contribution in [0, 0.1) is 5.82 Å². The molecule has 2 N–H and O–H groups in total. The number of amides is 2. The van der Waals surface area contributed by atoms with E-state index in [4.69, 9.17) is 11.6 Å². The summed E-state index contributed by atoms with van der Waals surface area (Å²) in [7, 11) is 1.60. The van der Waals surface area contributed by atoms with E-state index in [2.05, 4.69) is 10.3 Å². The molecule has 0 saturated heterocycles. The van der Waals surface area contributed by atoms with Crippen molar-refractivity contribution in [2.75, 3.05) is 18.9 Å². The van der Waals surface area contributed by atoms with Crippen molar-refractivity contribution in [1.82, 2.24) is 9.88 Å². The minimum atomic E-state index is -0.321. The number of hydrogen-bond acceptors (Lipinski definition) is 2. The number of carbonyl (C=O) groups excluding carboxylic acids is 2. The molecule has 0 fully saturated rings. The summed E-state index contributed by atoms with van der Waals surface area (Å²) in [5, 5.41) is 4.18. The summed E-state index contributed by atoms with van der Waals surface area (Å²) >= 11 is 6.08. The zero-order valence-electron chi connectivity index (χ0n) is 18.1. The lowest BCUT2D eigenvalue weighted by molar-refractivity contribution is -0.133. The van der Waals surface area contributed by atoms with Gasteiger partial charge in [-0.1, -0.05) is 41.9 Å². The lowest BCUT2D eigenvalue weighted by Gasteiger charge is -2.17. The summed E-state index contributed by atoms with van der Waals surface area (Å²) in [4.78, 5) is 29.9. The van der Waals surface area contributed by atoms with Crippen molar-refractivity contribution in [2.24, 2.45) is 0 Å². The number of carbonyl (C=O) groups is 2. The molecule has 0 unspecified atom stereocenters. The summed E-state index contributed by atoms with van der Waals surface area (Å²) in [5.74, 6) is -0.777. The SMILES string of the molecule is CN(CC(=O)Nc1ccccc1Cl)C(=O)CCc1c(-c2ccc(F)cc2)[nH]c2ccccc12. The van der Waals surface area contributed by atoms with Gasteiger partial charge < -0.3 is 15.2 Å². The van der Waals surface area contributed by atoms with Gasteiger partial charge in [0, 0.05) is 30.1 Å². The van der Waals surface area contributed by atoms with Gasteiger partial charge in [-0.15, -0.1) is 0 Å². The average molecular weight is 464 g/mol. The maximum absolute atomic E-state index is 13.4. The second-order valence-electron chi connectivity index (χ2n) is 7.81. The first kappa shape index (κ1) is 22.6. The van der Waals surface area contributed by atoms with E-state index < -0.39 is 0 Å². The molecular weight excluding hydrogens is 441 g/mol. The van der Waals surface area contributed by atoms with E-state index >= 15 is 0 Å². The van der Waals surface area contributed by atoms with Crippen molar-refractivity contribution in [3.8, 4) is 11.3 Å². The Balaban J connectivity index is 1.46. The number of para-hydroxylation sites is 2. The fourth-order valence-corrected chi connectivity index (χ4v) is 3.98. The van der Waals surface area contributed by atoms with Crippen LogP contribution in [0.3, 0.4) is 0 Å². The first-order valence-corrected chi connectivity index (χ1v) is 10.9. The van der Waals surface area contributed by atoms with Crippen molar-refractivity contribution in [2.45, 2.75) is 12.8 Å². The van der Waals surface area contributed by atoms with Gasteiger partial charge in [0.25, 0.3) is 0 Å². The third-order valence-electron chi connectivity index (χ3n) is 5.49. The Bertz CT molecular complexity index is 1300. The third kappa shape index (κ3) is 5.23. The zero-order valence-corrected chi connectivity index (χ0v) is 18.8. The van der Waals surface area contributed by atoms with Crippen LogP contribution in [0.5, 0.6) is 0 Å². The molecule has 0 bridgehead atoms. The van der Waals surface area contributed by atoms with Gasteiger partial charge in [-0.05, 0) is 60.0 Å². The Morgan fingerprint density at radius 1 is 1.00 bits per heavy atom. The molecule has 7 heteroatoms. The highest BCUT2D eigenvalue weighted by atomic mass is 35.5. The Hall–Kier alpha value is -3.64. The molecule has 0 saturated carbocycles. The van der Waals surface area contributed by atoms with Crippen LogP contribution in [-0.4, -0.2) is 35.3 Å². The van der Waals surface area contributed by atoms with Crippen LogP contribution in [0.4, 0.5) is 10.1 Å². The normalized spacial score (nSPS) is 10.9. The maximum atomic E-state index is 13.4. The monoisotopic (exact) mass is 463 g/mol. The van der Waals surface area contributed by atoms with Crippen molar-refractivity contribution >= 4 is 40.0 Å². The molecule has 2 amide bonds. The molecule has 33 heavy (non-hydrogen) atoms. The highest BCUT2D eigenvalue weighted by Gasteiger charge is 2.18. The number of benzene rings is 3. The Morgan fingerprint density at radius 2 is 1.70 bits per heavy atom. The standard InChI is InChI=1S/C26H23ClFN3O2/c1-31(16-24(32)29-23-9-5-3-7-21(23)27)25(33)15-14-20-19-6-2-4-8-22(19)30-26(20)17-10-12-18(28)13-11-17/h2-13,30H,14-16H2,1H3,(H,29,32). The number of aromatic nitrogens is 1. The Kier molecular flexibility index (Phi) is 6.75. The van der Waals surface area contributed by atoms with Crippen LogP contribution in [-0.2, 0) is 16.0 Å². The summed E-state index contributed by atoms with van der Waals surface area (Å²) in [6, 6.07) is 21.1. The summed E-state index contributed by atoms with van der Waals surface area (Å²) in [6.07, 6.45) is 0.706. The number of anilines is 1. The minimum Gasteiger partial charge on any atom is -0.354 e. The second kappa shape index (κ2) is 9.88. The number of likely N-dealkylation sites (N-methyl/N-ethyl adjacent to an activating group) is 1. The van der Waals surface area contributed by atoms with Gasteiger partial charge in [0.15, 0.2) is 0 Å². The number of rotatable bonds is 7. The number of hydrogen-bond donors (Lipinski definition) is 2. The predicted octanol–water partition coefficient (Wildman–Crippen LogP) is 5.66. The first-order chi connectivity index (χ1) is 15.9. The van der Waals surface area contributed by atoms with Crippen LogP contribution < -0.4 is 5.32 Å². The maximum Gasteiger partial charge on any atom is 0.244 e. The van der Waals surface area contributed by atoms with Crippen molar-refractivity contribution in [3.63, 3.8) is 0 Å². The molecule has 4 aromatic rings. The number of fused-ring (bicyclic) bond motifs is 1. The highest BCUT2D eigenvalue weighted by Crippen LogP contribution is 2.31. The molecule has 0 aliphatic rings. The van der Waals surface area contributed by atoms with E-state index in [-0.39, 0.29) is 30.6 Å². The Labute approximate surface area is 196 Å². The number of nitrogens with one attached hydrogen (secondary N) is 2.